The second kappa shape index (κ2) is 5.44. The lowest BCUT2D eigenvalue weighted by Gasteiger charge is -2.31. The second-order valence-electron chi connectivity index (χ2n) is 6.03. The number of anilines is 1. The van der Waals surface area contributed by atoms with E-state index >= 15 is 0 Å². The number of aromatic nitrogens is 4. The molecule has 2 atom stereocenters. The van der Waals surface area contributed by atoms with Gasteiger partial charge in [-0.05, 0) is 40.6 Å². The van der Waals surface area contributed by atoms with E-state index in [0.29, 0.717) is 23.7 Å². The normalized spacial score (nSPS) is 20.8. The molecule has 0 saturated heterocycles. The molecule has 0 amide bonds. The SMILES string of the molecule is Fc1ccccc1[C@@H]1C[C@H](c2ccc3c(c2)OCO3)Nc2nnnn21. The molecule has 126 valence electrons. The van der Waals surface area contributed by atoms with Gasteiger partial charge in [-0.2, -0.15) is 0 Å². The Morgan fingerprint density at radius 1 is 1.12 bits per heavy atom. The Kier molecular flexibility index (Phi) is 3.09. The fourth-order valence-electron chi connectivity index (χ4n) is 3.39. The number of nitrogens with zero attached hydrogens (tertiary/aromatic N) is 4. The van der Waals surface area contributed by atoms with Crippen LogP contribution in [0.5, 0.6) is 11.5 Å². The number of tetrazole rings is 1. The van der Waals surface area contributed by atoms with Crippen LogP contribution in [0.15, 0.2) is 42.5 Å². The summed E-state index contributed by atoms with van der Waals surface area (Å²) in [5, 5.41) is 15.1. The maximum atomic E-state index is 14.3. The highest BCUT2D eigenvalue weighted by atomic mass is 19.1. The molecule has 25 heavy (non-hydrogen) atoms. The van der Waals surface area contributed by atoms with E-state index in [1.807, 2.05) is 24.3 Å². The van der Waals surface area contributed by atoms with Gasteiger partial charge >= 0.3 is 0 Å². The monoisotopic (exact) mass is 339 g/mol. The Hall–Kier alpha value is -3.16. The third kappa shape index (κ3) is 2.29. The lowest BCUT2D eigenvalue weighted by Crippen LogP contribution is -2.28. The Morgan fingerprint density at radius 2 is 2.00 bits per heavy atom. The van der Waals surface area contributed by atoms with Crippen molar-refractivity contribution in [3.8, 4) is 11.5 Å². The van der Waals surface area contributed by atoms with E-state index in [0.717, 1.165) is 11.3 Å². The first-order chi connectivity index (χ1) is 12.3. The Morgan fingerprint density at radius 3 is 2.92 bits per heavy atom. The van der Waals surface area contributed by atoms with Crippen molar-refractivity contribution < 1.29 is 13.9 Å². The van der Waals surface area contributed by atoms with Crippen LogP contribution < -0.4 is 14.8 Å². The summed E-state index contributed by atoms with van der Waals surface area (Å²) in [4.78, 5) is 0. The Labute approximate surface area is 142 Å². The van der Waals surface area contributed by atoms with Crippen molar-refractivity contribution in [2.45, 2.75) is 18.5 Å². The highest BCUT2D eigenvalue weighted by molar-refractivity contribution is 5.47. The predicted molar refractivity (Wildman–Crippen MR) is 85.9 cm³/mol. The number of rotatable bonds is 2. The molecule has 5 rings (SSSR count). The predicted octanol–water partition coefficient (Wildman–Crippen LogP) is 2.69. The van der Waals surface area contributed by atoms with Gasteiger partial charge in [-0.3, -0.25) is 0 Å². The summed E-state index contributed by atoms with van der Waals surface area (Å²) in [6.07, 6.45) is 0.610. The first-order valence-corrected chi connectivity index (χ1v) is 7.98. The van der Waals surface area contributed by atoms with E-state index in [1.165, 1.54) is 6.07 Å². The third-order valence-electron chi connectivity index (χ3n) is 4.61. The van der Waals surface area contributed by atoms with Gasteiger partial charge in [0.1, 0.15) is 5.82 Å². The van der Waals surface area contributed by atoms with Crippen LogP contribution in [0, 0.1) is 5.82 Å². The van der Waals surface area contributed by atoms with E-state index < -0.39 is 0 Å². The van der Waals surface area contributed by atoms with Crippen molar-refractivity contribution in [2.24, 2.45) is 0 Å². The maximum absolute atomic E-state index is 14.3. The molecule has 0 spiro atoms. The molecule has 0 fully saturated rings. The summed E-state index contributed by atoms with van der Waals surface area (Å²) in [6.45, 7) is 0.229. The highest BCUT2D eigenvalue weighted by Gasteiger charge is 2.32. The van der Waals surface area contributed by atoms with E-state index in [1.54, 1.807) is 16.8 Å². The molecular weight excluding hydrogens is 325 g/mol. The molecule has 2 aromatic carbocycles. The summed E-state index contributed by atoms with van der Waals surface area (Å²) in [5.41, 5.74) is 1.59. The van der Waals surface area contributed by atoms with Crippen molar-refractivity contribution in [2.75, 3.05) is 12.1 Å². The molecule has 1 N–H and O–H groups in total. The molecule has 0 aliphatic carbocycles. The molecule has 1 aromatic heterocycles. The summed E-state index contributed by atoms with van der Waals surface area (Å²) >= 11 is 0. The number of fused-ring (bicyclic) bond motifs is 2. The largest absolute Gasteiger partial charge is 0.454 e. The van der Waals surface area contributed by atoms with E-state index in [9.17, 15) is 4.39 Å². The zero-order valence-corrected chi connectivity index (χ0v) is 13.1. The van der Waals surface area contributed by atoms with Crippen LogP contribution in [0.4, 0.5) is 10.3 Å². The average Bonchev–Trinajstić information content (AvgIpc) is 3.29. The van der Waals surface area contributed by atoms with Crippen molar-refractivity contribution in [3.63, 3.8) is 0 Å². The molecule has 3 heterocycles. The van der Waals surface area contributed by atoms with Crippen molar-refractivity contribution in [1.82, 2.24) is 20.2 Å². The second-order valence-corrected chi connectivity index (χ2v) is 6.03. The highest BCUT2D eigenvalue weighted by Crippen LogP contribution is 2.41. The number of benzene rings is 2. The fourth-order valence-corrected chi connectivity index (χ4v) is 3.39. The minimum Gasteiger partial charge on any atom is -0.454 e. The minimum absolute atomic E-state index is 0.0717. The van der Waals surface area contributed by atoms with Crippen LogP contribution in [0.25, 0.3) is 0 Å². The van der Waals surface area contributed by atoms with Gasteiger partial charge < -0.3 is 14.8 Å². The molecule has 7 nitrogen and oxygen atoms in total. The van der Waals surface area contributed by atoms with E-state index in [-0.39, 0.29) is 24.7 Å². The maximum Gasteiger partial charge on any atom is 0.243 e. The molecule has 2 aliphatic rings. The summed E-state index contributed by atoms with van der Waals surface area (Å²) < 4.78 is 26.8. The average molecular weight is 339 g/mol. The molecule has 0 saturated carbocycles. The van der Waals surface area contributed by atoms with E-state index in [2.05, 4.69) is 20.8 Å². The van der Waals surface area contributed by atoms with Gasteiger partial charge in [0.2, 0.25) is 12.7 Å². The first-order valence-electron chi connectivity index (χ1n) is 7.98. The van der Waals surface area contributed by atoms with Crippen molar-refractivity contribution >= 4 is 5.95 Å². The molecule has 3 aromatic rings. The number of hydrogen-bond acceptors (Lipinski definition) is 6. The van der Waals surface area contributed by atoms with Gasteiger partial charge in [0.25, 0.3) is 0 Å². The van der Waals surface area contributed by atoms with Crippen LogP contribution in [0.2, 0.25) is 0 Å². The van der Waals surface area contributed by atoms with Crippen LogP contribution in [-0.2, 0) is 0 Å². The van der Waals surface area contributed by atoms with Crippen LogP contribution in [0.1, 0.15) is 29.6 Å². The molecule has 0 unspecified atom stereocenters. The quantitative estimate of drug-likeness (QED) is 0.774. The molecule has 0 radical (unpaired) electrons. The third-order valence-corrected chi connectivity index (χ3v) is 4.61. The lowest BCUT2D eigenvalue weighted by molar-refractivity contribution is 0.174. The van der Waals surface area contributed by atoms with Crippen LogP contribution >= 0.6 is 0 Å². The van der Waals surface area contributed by atoms with Gasteiger partial charge in [0.15, 0.2) is 11.5 Å². The summed E-state index contributed by atoms with van der Waals surface area (Å²) in [7, 11) is 0. The van der Waals surface area contributed by atoms with Crippen LogP contribution in [-0.4, -0.2) is 27.0 Å². The number of ether oxygens (including phenoxy) is 2. The lowest BCUT2D eigenvalue weighted by atomic mass is 9.93. The van der Waals surface area contributed by atoms with Gasteiger partial charge in [0, 0.05) is 5.56 Å². The number of halogens is 1. The molecular formula is C17H14FN5O2. The van der Waals surface area contributed by atoms with Crippen LogP contribution in [0.3, 0.4) is 0 Å². The Bertz CT molecular complexity index is 944. The van der Waals surface area contributed by atoms with Crippen molar-refractivity contribution in [3.05, 3.63) is 59.4 Å². The zero-order valence-electron chi connectivity index (χ0n) is 13.1. The fraction of sp³-hybridized carbons (Fsp3) is 0.235. The van der Waals surface area contributed by atoms with Gasteiger partial charge in [-0.25, -0.2) is 9.07 Å². The van der Waals surface area contributed by atoms with Gasteiger partial charge in [-0.15, -0.1) is 0 Å². The smallest absolute Gasteiger partial charge is 0.243 e. The Balaban J connectivity index is 1.55. The standard InChI is InChI=1S/C17H14FN5O2/c18-12-4-2-1-3-11(12)14-8-13(19-17-20-21-22-23(14)17)10-5-6-15-16(7-10)25-9-24-15/h1-7,13-14H,8-9H2,(H,19,20,22)/t13-,14+/m1/s1. The number of nitrogens with one attached hydrogen (secondary N) is 1. The zero-order chi connectivity index (χ0) is 16.8. The molecule has 8 heteroatoms. The minimum atomic E-state index is -0.289. The summed E-state index contributed by atoms with van der Waals surface area (Å²) in [5.74, 6) is 1.70. The van der Waals surface area contributed by atoms with Gasteiger partial charge in [-0.1, -0.05) is 29.4 Å². The first kappa shape index (κ1) is 14.2. The number of hydrogen-bond donors (Lipinski definition) is 1. The summed E-state index contributed by atoms with van der Waals surface area (Å²) in [6, 6.07) is 12.2. The van der Waals surface area contributed by atoms with Gasteiger partial charge in [0.05, 0.1) is 12.1 Å². The van der Waals surface area contributed by atoms with Crippen molar-refractivity contribution in [1.29, 1.82) is 0 Å². The topological polar surface area (TPSA) is 74.1 Å². The molecule has 0 bridgehead atoms. The molecule has 2 aliphatic heterocycles. The van der Waals surface area contributed by atoms with E-state index in [4.69, 9.17) is 9.47 Å².